The highest BCUT2D eigenvalue weighted by Gasteiger charge is 2.33. The third-order valence-electron chi connectivity index (χ3n) is 4.81. The van der Waals surface area contributed by atoms with Gasteiger partial charge in [0.2, 0.25) is 0 Å². The van der Waals surface area contributed by atoms with E-state index in [4.69, 9.17) is 4.84 Å². The lowest BCUT2D eigenvalue weighted by Gasteiger charge is -2.16. The minimum Gasteiger partial charge on any atom is -0.274 e. The summed E-state index contributed by atoms with van der Waals surface area (Å²) >= 11 is 0. The number of nitrogens with zero attached hydrogens (tertiary/aromatic N) is 5. The summed E-state index contributed by atoms with van der Waals surface area (Å²) in [6, 6.07) is 6.00. The standard InChI is InChI=1S/C18H19FN6O3/c1-11-8-25(18(27)20-17(11)26)16-7-14(23(2)28-16)9-24-10-15(21-22-24)12-3-5-13(19)6-4-12/h3-6,8,10,14,16H,7,9H2,1-2H3,(H,20,26,27)/t14-,16+/m1/s1. The summed E-state index contributed by atoms with van der Waals surface area (Å²) in [5, 5.41) is 9.94. The van der Waals surface area contributed by atoms with Gasteiger partial charge in [0.1, 0.15) is 11.5 Å². The Bertz CT molecular complexity index is 1100. The molecule has 1 saturated heterocycles. The molecule has 1 aliphatic heterocycles. The smallest absolute Gasteiger partial charge is 0.274 e. The normalized spacial score (nSPS) is 20.0. The minimum atomic E-state index is -0.516. The second-order valence-electron chi connectivity index (χ2n) is 6.81. The van der Waals surface area contributed by atoms with Crippen molar-refractivity contribution in [1.82, 2.24) is 29.6 Å². The predicted molar refractivity (Wildman–Crippen MR) is 97.8 cm³/mol. The molecule has 1 aromatic carbocycles. The first-order valence-electron chi connectivity index (χ1n) is 8.78. The fourth-order valence-corrected chi connectivity index (χ4v) is 3.21. The number of hydrogen-bond donors (Lipinski definition) is 1. The average molecular weight is 386 g/mol. The number of H-pyrrole nitrogens is 1. The van der Waals surface area contributed by atoms with Crippen molar-refractivity contribution >= 4 is 0 Å². The molecule has 3 aromatic rings. The maximum absolute atomic E-state index is 13.1. The van der Waals surface area contributed by atoms with E-state index in [2.05, 4.69) is 15.3 Å². The van der Waals surface area contributed by atoms with Crippen molar-refractivity contribution in [1.29, 1.82) is 0 Å². The molecule has 2 aromatic heterocycles. The van der Waals surface area contributed by atoms with E-state index in [9.17, 15) is 14.0 Å². The Hall–Kier alpha value is -3.11. The molecule has 0 amide bonds. The van der Waals surface area contributed by atoms with Crippen molar-refractivity contribution in [3.05, 3.63) is 68.9 Å². The molecule has 2 atom stereocenters. The van der Waals surface area contributed by atoms with Crippen LogP contribution in [0.25, 0.3) is 11.3 Å². The van der Waals surface area contributed by atoms with E-state index in [-0.39, 0.29) is 11.9 Å². The van der Waals surface area contributed by atoms with Crippen molar-refractivity contribution in [3.63, 3.8) is 0 Å². The van der Waals surface area contributed by atoms with Crippen LogP contribution >= 0.6 is 0 Å². The highest BCUT2D eigenvalue weighted by Crippen LogP contribution is 2.27. The Kier molecular flexibility index (Phi) is 4.65. The van der Waals surface area contributed by atoms with Crippen molar-refractivity contribution in [3.8, 4) is 11.3 Å². The summed E-state index contributed by atoms with van der Waals surface area (Å²) in [7, 11) is 1.78. The van der Waals surface area contributed by atoms with Gasteiger partial charge < -0.3 is 0 Å². The van der Waals surface area contributed by atoms with Crippen LogP contribution in [0, 0.1) is 12.7 Å². The number of aromatic amines is 1. The van der Waals surface area contributed by atoms with E-state index in [1.165, 1.54) is 22.9 Å². The van der Waals surface area contributed by atoms with Crippen LogP contribution in [0.4, 0.5) is 4.39 Å². The van der Waals surface area contributed by atoms with Crippen LogP contribution < -0.4 is 11.2 Å². The van der Waals surface area contributed by atoms with Gasteiger partial charge in [-0.2, -0.15) is 5.06 Å². The molecule has 146 valence electrons. The molecule has 1 fully saturated rings. The number of aryl methyl sites for hydroxylation is 1. The zero-order valence-electron chi connectivity index (χ0n) is 15.4. The maximum Gasteiger partial charge on any atom is 0.330 e. The van der Waals surface area contributed by atoms with Gasteiger partial charge in [-0.05, 0) is 31.2 Å². The first-order valence-corrected chi connectivity index (χ1v) is 8.78. The molecule has 0 unspecified atom stereocenters. The summed E-state index contributed by atoms with van der Waals surface area (Å²) in [5.41, 5.74) is 0.950. The molecule has 0 saturated carbocycles. The number of aromatic nitrogens is 5. The van der Waals surface area contributed by atoms with E-state index < -0.39 is 17.5 Å². The second-order valence-corrected chi connectivity index (χ2v) is 6.81. The lowest BCUT2D eigenvalue weighted by atomic mass is 10.1. The van der Waals surface area contributed by atoms with Gasteiger partial charge in [-0.25, -0.2) is 9.18 Å². The largest absolute Gasteiger partial charge is 0.330 e. The summed E-state index contributed by atoms with van der Waals surface area (Å²) in [6.07, 6.45) is 3.31. The van der Waals surface area contributed by atoms with Gasteiger partial charge in [-0.1, -0.05) is 5.21 Å². The Morgan fingerprint density at radius 2 is 2.00 bits per heavy atom. The van der Waals surface area contributed by atoms with E-state index in [1.807, 2.05) is 0 Å². The monoisotopic (exact) mass is 386 g/mol. The fraction of sp³-hybridized carbons (Fsp3) is 0.333. The Morgan fingerprint density at radius 3 is 2.75 bits per heavy atom. The van der Waals surface area contributed by atoms with Crippen LogP contribution in [0.15, 0.2) is 46.2 Å². The van der Waals surface area contributed by atoms with Crippen molar-refractivity contribution in [2.45, 2.75) is 32.2 Å². The first-order chi connectivity index (χ1) is 13.4. The van der Waals surface area contributed by atoms with Crippen molar-refractivity contribution < 1.29 is 9.23 Å². The molecule has 0 spiro atoms. The molecule has 4 rings (SSSR count). The fourth-order valence-electron chi connectivity index (χ4n) is 3.21. The molecular formula is C18H19FN6O3. The van der Waals surface area contributed by atoms with E-state index >= 15 is 0 Å². The Morgan fingerprint density at radius 1 is 1.25 bits per heavy atom. The third-order valence-corrected chi connectivity index (χ3v) is 4.81. The number of rotatable bonds is 4. The molecular weight excluding hydrogens is 367 g/mol. The van der Waals surface area contributed by atoms with Crippen LogP contribution in [0.1, 0.15) is 18.2 Å². The first kappa shape index (κ1) is 18.3. The lowest BCUT2D eigenvalue weighted by Crippen LogP contribution is -2.33. The van der Waals surface area contributed by atoms with Crippen LogP contribution in [-0.2, 0) is 11.4 Å². The van der Waals surface area contributed by atoms with Crippen molar-refractivity contribution in [2.75, 3.05) is 7.05 Å². The quantitative estimate of drug-likeness (QED) is 0.721. The average Bonchev–Trinajstić information content (AvgIpc) is 3.26. The molecule has 0 bridgehead atoms. The van der Waals surface area contributed by atoms with Gasteiger partial charge in [-0.3, -0.25) is 23.9 Å². The molecule has 3 heterocycles. The summed E-state index contributed by atoms with van der Waals surface area (Å²) in [6.45, 7) is 2.13. The van der Waals surface area contributed by atoms with Crippen LogP contribution in [0.5, 0.6) is 0 Å². The zero-order valence-corrected chi connectivity index (χ0v) is 15.4. The molecule has 0 radical (unpaired) electrons. The van der Waals surface area contributed by atoms with E-state index in [0.717, 1.165) is 5.56 Å². The molecule has 9 nitrogen and oxygen atoms in total. The number of hydrogen-bond acceptors (Lipinski definition) is 6. The topological polar surface area (TPSA) is 98.0 Å². The van der Waals surface area contributed by atoms with Gasteiger partial charge in [0, 0.05) is 30.8 Å². The highest BCUT2D eigenvalue weighted by atomic mass is 19.1. The Balaban J connectivity index is 1.49. The summed E-state index contributed by atoms with van der Waals surface area (Å²) in [5.74, 6) is -0.306. The van der Waals surface area contributed by atoms with Gasteiger partial charge in [0.15, 0.2) is 6.23 Å². The SMILES string of the molecule is Cc1cn([C@@H]2C[C@H](Cn3cc(-c4ccc(F)cc4)nn3)N(C)O2)c(=O)[nH]c1=O. The Labute approximate surface area is 158 Å². The van der Waals surface area contributed by atoms with Crippen LogP contribution in [0.3, 0.4) is 0 Å². The van der Waals surface area contributed by atoms with Gasteiger partial charge >= 0.3 is 5.69 Å². The molecule has 0 aliphatic carbocycles. The molecule has 1 aliphatic rings. The van der Waals surface area contributed by atoms with Crippen molar-refractivity contribution in [2.24, 2.45) is 0 Å². The maximum atomic E-state index is 13.1. The van der Waals surface area contributed by atoms with Crippen LogP contribution in [0.2, 0.25) is 0 Å². The predicted octanol–water partition coefficient (Wildman–Crippen LogP) is 1.08. The number of likely N-dealkylation sites (N-methyl/N-ethyl adjacent to an activating group) is 1. The van der Waals surface area contributed by atoms with E-state index in [0.29, 0.717) is 24.2 Å². The summed E-state index contributed by atoms with van der Waals surface area (Å²) < 4.78 is 16.1. The zero-order chi connectivity index (χ0) is 19.8. The third kappa shape index (κ3) is 3.51. The minimum absolute atomic E-state index is 0.0492. The molecule has 1 N–H and O–H groups in total. The highest BCUT2D eigenvalue weighted by molar-refractivity contribution is 5.57. The lowest BCUT2D eigenvalue weighted by molar-refractivity contribution is -0.168. The number of hydroxylamine groups is 2. The molecule has 28 heavy (non-hydrogen) atoms. The number of benzene rings is 1. The van der Waals surface area contributed by atoms with Gasteiger partial charge in [0.25, 0.3) is 5.56 Å². The van der Waals surface area contributed by atoms with Gasteiger partial charge in [0.05, 0.1) is 18.8 Å². The summed E-state index contributed by atoms with van der Waals surface area (Å²) in [4.78, 5) is 31.7. The molecule has 10 heteroatoms. The number of nitrogens with one attached hydrogen (secondary N) is 1. The van der Waals surface area contributed by atoms with E-state index in [1.54, 1.807) is 42.0 Å². The van der Waals surface area contributed by atoms with Crippen LogP contribution in [-0.4, -0.2) is 42.7 Å². The second kappa shape index (κ2) is 7.13. The van der Waals surface area contributed by atoms with Gasteiger partial charge in [-0.15, -0.1) is 5.10 Å². The number of halogens is 1.